The quantitative estimate of drug-likeness (QED) is 0.870. The Morgan fingerprint density at radius 3 is 2.78 bits per heavy atom. The monoisotopic (exact) mass is 249 g/mol. The van der Waals surface area contributed by atoms with Gasteiger partial charge in [-0.2, -0.15) is 0 Å². The molecule has 3 heteroatoms. The second-order valence-electron chi connectivity index (χ2n) is 4.84. The van der Waals surface area contributed by atoms with Gasteiger partial charge in [0.15, 0.2) is 0 Å². The molecule has 3 atom stereocenters. The van der Waals surface area contributed by atoms with Crippen LogP contribution in [-0.4, -0.2) is 25.9 Å². The summed E-state index contributed by atoms with van der Waals surface area (Å²) in [7, 11) is 1.72. The molecular weight excluding hydrogens is 226 g/mol. The van der Waals surface area contributed by atoms with Gasteiger partial charge in [0, 0.05) is 5.56 Å². The van der Waals surface area contributed by atoms with Crippen LogP contribution in [0.2, 0.25) is 0 Å². The minimum Gasteiger partial charge on any atom is -0.496 e. The third-order valence-electron chi connectivity index (χ3n) is 3.53. The molecule has 0 bridgehead atoms. The van der Waals surface area contributed by atoms with Crippen LogP contribution in [0.5, 0.6) is 5.75 Å². The molecule has 0 aliphatic carbocycles. The van der Waals surface area contributed by atoms with Crippen LogP contribution in [0, 0.1) is 0 Å². The van der Waals surface area contributed by atoms with E-state index in [1.165, 1.54) is 5.56 Å². The summed E-state index contributed by atoms with van der Waals surface area (Å²) in [5.41, 5.74) is 1.20. The van der Waals surface area contributed by atoms with Crippen molar-refractivity contribution in [1.82, 2.24) is 5.32 Å². The summed E-state index contributed by atoms with van der Waals surface area (Å²) < 4.78 is 11.5. The van der Waals surface area contributed by atoms with E-state index >= 15 is 0 Å². The Morgan fingerprint density at radius 2 is 2.17 bits per heavy atom. The average molecular weight is 249 g/mol. The first-order valence-electron chi connectivity index (χ1n) is 6.78. The molecule has 1 heterocycles. The molecule has 0 radical (unpaired) electrons. The number of methoxy groups -OCH3 is 1. The number of para-hydroxylation sites is 1. The van der Waals surface area contributed by atoms with Crippen molar-refractivity contribution in [3.05, 3.63) is 29.8 Å². The third kappa shape index (κ3) is 2.85. The van der Waals surface area contributed by atoms with Crippen molar-refractivity contribution in [2.24, 2.45) is 0 Å². The lowest BCUT2D eigenvalue weighted by molar-refractivity contribution is 0.0314. The number of rotatable bonds is 5. The van der Waals surface area contributed by atoms with Crippen molar-refractivity contribution in [3.63, 3.8) is 0 Å². The van der Waals surface area contributed by atoms with Gasteiger partial charge in [-0.25, -0.2) is 0 Å². The highest BCUT2D eigenvalue weighted by Gasteiger charge is 2.31. The van der Waals surface area contributed by atoms with Gasteiger partial charge in [-0.05, 0) is 32.4 Å². The van der Waals surface area contributed by atoms with Gasteiger partial charge in [-0.3, -0.25) is 0 Å². The molecule has 3 nitrogen and oxygen atoms in total. The van der Waals surface area contributed by atoms with E-state index in [4.69, 9.17) is 9.47 Å². The Kier molecular flexibility index (Phi) is 4.61. The van der Waals surface area contributed by atoms with Gasteiger partial charge in [-0.1, -0.05) is 25.1 Å². The van der Waals surface area contributed by atoms with Gasteiger partial charge in [0.2, 0.25) is 0 Å². The van der Waals surface area contributed by atoms with E-state index in [0.717, 1.165) is 25.1 Å². The van der Waals surface area contributed by atoms with Gasteiger partial charge in [0.1, 0.15) is 5.75 Å². The molecule has 0 aromatic heterocycles. The van der Waals surface area contributed by atoms with Crippen molar-refractivity contribution in [1.29, 1.82) is 0 Å². The predicted octanol–water partition coefficient (Wildman–Crippen LogP) is 2.91. The molecule has 2 rings (SSSR count). The maximum Gasteiger partial charge on any atom is 0.123 e. The summed E-state index contributed by atoms with van der Waals surface area (Å²) in [4.78, 5) is 0. The van der Waals surface area contributed by atoms with E-state index in [2.05, 4.69) is 31.3 Å². The van der Waals surface area contributed by atoms with Crippen LogP contribution in [0.15, 0.2) is 24.3 Å². The highest BCUT2D eigenvalue weighted by Crippen LogP contribution is 2.34. The van der Waals surface area contributed by atoms with Crippen LogP contribution in [-0.2, 0) is 4.74 Å². The Hall–Kier alpha value is -1.06. The number of benzene rings is 1. The molecule has 1 saturated heterocycles. The third-order valence-corrected chi connectivity index (χ3v) is 3.53. The van der Waals surface area contributed by atoms with Gasteiger partial charge in [-0.15, -0.1) is 0 Å². The Balaban J connectivity index is 2.23. The maximum absolute atomic E-state index is 6.01. The molecule has 100 valence electrons. The molecule has 0 spiro atoms. The summed E-state index contributed by atoms with van der Waals surface area (Å²) >= 11 is 0. The number of hydrogen-bond acceptors (Lipinski definition) is 3. The highest BCUT2D eigenvalue weighted by atomic mass is 16.5. The zero-order chi connectivity index (χ0) is 13.0. The number of nitrogens with one attached hydrogen (secondary N) is 1. The molecule has 1 aromatic carbocycles. The van der Waals surface area contributed by atoms with Crippen LogP contribution in [0.1, 0.15) is 38.3 Å². The Bertz CT molecular complexity index is 381. The molecular formula is C15H23NO2. The fourth-order valence-corrected chi connectivity index (χ4v) is 2.66. The van der Waals surface area contributed by atoms with Gasteiger partial charge in [0.25, 0.3) is 0 Å². The Morgan fingerprint density at radius 1 is 1.39 bits per heavy atom. The van der Waals surface area contributed by atoms with Crippen molar-refractivity contribution in [2.75, 3.05) is 13.7 Å². The van der Waals surface area contributed by atoms with E-state index < -0.39 is 0 Å². The first-order chi connectivity index (χ1) is 8.76. The number of likely N-dealkylation sites (N-methyl/N-ethyl adjacent to an activating group) is 1. The first kappa shape index (κ1) is 13.4. The van der Waals surface area contributed by atoms with Crippen LogP contribution in [0.3, 0.4) is 0 Å². The lowest BCUT2D eigenvalue weighted by Crippen LogP contribution is -2.32. The normalized spacial score (nSPS) is 25.1. The average Bonchev–Trinajstić information content (AvgIpc) is 2.82. The molecule has 3 unspecified atom stereocenters. The second kappa shape index (κ2) is 6.21. The summed E-state index contributed by atoms with van der Waals surface area (Å²) in [6.07, 6.45) is 2.86. The van der Waals surface area contributed by atoms with Gasteiger partial charge >= 0.3 is 0 Å². The summed E-state index contributed by atoms with van der Waals surface area (Å²) in [5, 5.41) is 3.53. The second-order valence-corrected chi connectivity index (χ2v) is 4.84. The van der Waals surface area contributed by atoms with Crippen LogP contribution in [0.4, 0.5) is 0 Å². The van der Waals surface area contributed by atoms with E-state index in [-0.39, 0.29) is 12.1 Å². The minimum atomic E-state index is 0.219. The standard InChI is InChI=1S/C15H23NO2/c1-4-16-15(14-10-9-11(2)18-14)12-7-5-6-8-13(12)17-3/h5-8,11,14-16H,4,9-10H2,1-3H3. The highest BCUT2D eigenvalue weighted by molar-refractivity contribution is 5.36. The Labute approximate surface area is 109 Å². The van der Waals surface area contributed by atoms with Gasteiger partial charge in [0.05, 0.1) is 25.4 Å². The topological polar surface area (TPSA) is 30.5 Å². The first-order valence-corrected chi connectivity index (χ1v) is 6.78. The van der Waals surface area contributed by atoms with Crippen molar-refractivity contribution >= 4 is 0 Å². The molecule has 1 fully saturated rings. The zero-order valence-corrected chi connectivity index (χ0v) is 11.5. The fraction of sp³-hybridized carbons (Fsp3) is 0.600. The number of ether oxygens (including phenoxy) is 2. The number of hydrogen-bond donors (Lipinski definition) is 1. The molecule has 1 aromatic rings. The van der Waals surface area contributed by atoms with Crippen molar-refractivity contribution in [2.45, 2.75) is 44.9 Å². The van der Waals surface area contributed by atoms with Crippen molar-refractivity contribution < 1.29 is 9.47 Å². The molecule has 1 aliphatic heterocycles. The molecule has 1 aliphatic rings. The van der Waals surface area contributed by atoms with E-state index in [9.17, 15) is 0 Å². The lowest BCUT2D eigenvalue weighted by Gasteiger charge is -2.26. The molecule has 1 N–H and O–H groups in total. The largest absolute Gasteiger partial charge is 0.496 e. The SMILES string of the molecule is CCNC(c1ccccc1OC)C1CCC(C)O1. The molecule has 0 amide bonds. The van der Waals surface area contributed by atoms with E-state index in [0.29, 0.717) is 6.10 Å². The van der Waals surface area contributed by atoms with E-state index in [1.807, 2.05) is 12.1 Å². The van der Waals surface area contributed by atoms with Crippen molar-refractivity contribution in [3.8, 4) is 5.75 Å². The zero-order valence-electron chi connectivity index (χ0n) is 11.5. The predicted molar refractivity (Wildman–Crippen MR) is 73.0 cm³/mol. The summed E-state index contributed by atoms with van der Waals surface area (Å²) in [6.45, 7) is 5.20. The summed E-state index contributed by atoms with van der Waals surface area (Å²) in [6, 6.07) is 8.41. The molecule has 18 heavy (non-hydrogen) atoms. The molecule has 0 saturated carbocycles. The van der Waals surface area contributed by atoms with Crippen LogP contribution >= 0.6 is 0 Å². The fourth-order valence-electron chi connectivity index (χ4n) is 2.66. The maximum atomic E-state index is 6.01. The summed E-state index contributed by atoms with van der Waals surface area (Å²) in [5.74, 6) is 0.937. The van der Waals surface area contributed by atoms with Crippen LogP contribution in [0.25, 0.3) is 0 Å². The lowest BCUT2D eigenvalue weighted by atomic mass is 9.98. The van der Waals surface area contributed by atoms with Gasteiger partial charge < -0.3 is 14.8 Å². The van der Waals surface area contributed by atoms with E-state index in [1.54, 1.807) is 7.11 Å². The minimum absolute atomic E-state index is 0.219. The smallest absolute Gasteiger partial charge is 0.123 e. The van der Waals surface area contributed by atoms with Crippen LogP contribution < -0.4 is 10.1 Å².